The number of hydrogen-bond acceptors (Lipinski definition) is 4. The maximum atomic E-state index is 13.0. The average molecular weight is 332 g/mol. The van der Waals surface area contributed by atoms with Crippen molar-refractivity contribution in [1.82, 2.24) is 9.47 Å². The molecule has 1 saturated heterocycles. The van der Waals surface area contributed by atoms with E-state index in [-0.39, 0.29) is 17.4 Å². The molecule has 2 aromatic heterocycles. The highest BCUT2D eigenvalue weighted by molar-refractivity contribution is 7.10. The smallest absolute Gasteiger partial charge is 0.259 e. The number of pyridine rings is 1. The highest BCUT2D eigenvalue weighted by atomic mass is 32.1. The highest BCUT2D eigenvalue weighted by Gasteiger charge is 2.30. The number of nitrogens with zero attached hydrogens (tertiary/aromatic N) is 2. The van der Waals surface area contributed by atoms with Gasteiger partial charge in [0.1, 0.15) is 5.75 Å². The van der Waals surface area contributed by atoms with E-state index in [1.807, 2.05) is 25.3 Å². The molecule has 5 heteroatoms. The molecule has 0 saturated carbocycles. The summed E-state index contributed by atoms with van der Waals surface area (Å²) in [5.74, 6) is 0.126. The van der Waals surface area contributed by atoms with Gasteiger partial charge < -0.3 is 9.67 Å². The summed E-state index contributed by atoms with van der Waals surface area (Å²) in [6, 6.07) is 5.67. The van der Waals surface area contributed by atoms with Crippen LogP contribution in [0.5, 0.6) is 5.75 Å². The van der Waals surface area contributed by atoms with Gasteiger partial charge in [-0.2, -0.15) is 0 Å². The van der Waals surface area contributed by atoms with Gasteiger partial charge in [-0.1, -0.05) is 12.5 Å². The first kappa shape index (κ1) is 16.3. The Morgan fingerprint density at radius 1 is 1.30 bits per heavy atom. The molecule has 3 heterocycles. The number of hydrogen-bond donors (Lipinski definition) is 1. The maximum Gasteiger partial charge on any atom is 0.259 e. The zero-order valence-electron chi connectivity index (χ0n) is 13.8. The van der Waals surface area contributed by atoms with Crippen LogP contribution in [0.1, 0.15) is 48.4 Å². The fourth-order valence-corrected chi connectivity index (χ4v) is 4.41. The molecule has 0 aromatic carbocycles. The van der Waals surface area contributed by atoms with Crippen LogP contribution in [0.3, 0.4) is 0 Å². The van der Waals surface area contributed by atoms with Gasteiger partial charge in [-0.15, -0.1) is 11.3 Å². The molecule has 0 spiro atoms. The van der Waals surface area contributed by atoms with Crippen molar-refractivity contribution in [1.29, 1.82) is 0 Å². The molecule has 124 valence electrons. The Labute approximate surface area is 141 Å². The summed E-state index contributed by atoms with van der Waals surface area (Å²) in [7, 11) is 0. The van der Waals surface area contributed by atoms with Crippen molar-refractivity contribution in [2.75, 3.05) is 13.1 Å². The molecule has 0 radical (unpaired) electrons. The molecule has 2 aromatic rings. The fourth-order valence-electron chi connectivity index (χ4n) is 3.55. The van der Waals surface area contributed by atoms with Crippen LogP contribution in [-0.2, 0) is 6.54 Å². The minimum atomic E-state index is -0.138. The standard InChI is InChI=1S/C18H24N2O2S/c1-3-20-13(2)12-14(21)16(18(20)22)17(15-8-7-11-23-15)19-9-5-4-6-10-19/h7-8,11-12,17,21H,3-6,9-10H2,1-2H3/t17-/m0/s1. The highest BCUT2D eigenvalue weighted by Crippen LogP contribution is 2.36. The van der Waals surface area contributed by atoms with Crippen LogP contribution in [0.2, 0.25) is 0 Å². The minimum absolute atomic E-state index is 0.0611. The van der Waals surface area contributed by atoms with Crippen LogP contribution in [0.4, 0.5) is 0 Å². The van der Waals surface area contributed by atoms with Crippen molar-refractivity contribution < 1.29 is 5.11 Å². The predicted octanol–water partition coefficient (Wildman–Crippen LogP) is 3.52. The van der Waals surface area contributed by atoms with Gasteiger partial charge in [0.15, 0.2) is 0 Å². The van der Waals surface area contributed by atoms with Crippen LogP contribution >= 0.6 is 11.3 Å². The lowest BCUT2D eigenvalue weighted by Crippen LogP contribution is -2.38. The quantitative estimate of drug-likeness (QED) is 0.932. The minimum Gasteiger partial charge on any atom is -0.507 e. The van der Waals surface area contributed by atoms with E-state index < -0.39 is 0 Å². The zero-order valence-corrected chi connectivity index (χ0v) is 14.6. The van der Waals surface area contributed by atoms with E-state index in [9.17, 15) is 9.90 Å². The van der Waals surface area contributed by atoms with E-state index >= 15 is 0 Å². The first-order chi connectivity index (χ1) is 11.1. The largest absolute Gasteiger partial charge is 0.507 e. The molecule has 0 aliphatic carbocycles. The molecule has 1 aliphatic rings. The summed E-state index contributed by atoms with van der Waals surface area (Å²) in [4.78, 5) is 16.5. The number of aromatic hydroxyl groups is 1. The Balaban J connectivity index is 2.15. The first-order valence-electron chi connectivity index (χ1n) is 8.34. The van der Waals surface area contributed by atoms with Crippen LogP contribution in [0.15, 0.2) is 28.4 Å². The van der Waals surface area contributed by atoms with Crippen LogP contribution in [-0.4, -0.2) is 27.7 Å². The van der Waals surface area contributed by atoms with E-state index in [1.165, 1.54) is 6.42 Å². The third kappa shape index (κ3) is 3.08. The fraction of sp³-hybridized carbons (Fsp3) is 0.500. The van der Waals surface area contributed by atoms with Crippen molar-refractivity contribution in [2.24, 2.45) is 0 Å². The second-order valence-corrected chi connectivity index (χ2v) is 7.13. The van der Waals surface area contributed by atoms with Gasteiger partial charge in [-0.25, -0.2) is 0 Å². The first-order valence-corrected chi connectivity index (χ1v) is 9.22. The number of piperidine rings is 1. The molecule has 1 fully saturated rings. The molecular formula is C18H24N2O2S. The normalized spacial score (nSPS) is 17.3. The van der Waals surface area contributed by atoms with E-state index in [0.29, 0.717) is 12.1 Å². The lowest BCUT2D eigenvalue weighted by atomic mass is 10.00. The van der Waals surface area contributed by atoms with Crippen molar-refractivity contribution in [3.05, 3.63) is 50.1 Å². The van der Waals surface area contributed by atoms with E-state index in [1.54, 1.807) is 22.0 Å². The topological polar surface area (TPSA) is 45.5 Å². The Hall–Kier alpha value is -1.59. The summed E-state index contributed by atoms with van der Waals surface area (Å²) < 4.78 is 1.75. The molecule has 3 rings (SSSR count). The number of aromatic nitrogens is 1. The number of thiophene rings is 1. The lowest BCUT2D eigenvalue weighted by Gasteiger charge is -2.34. The molecule has 0 unspecified atom stereocenters. The van der Waals surface area contributed by atoms with Gasteiger partial charge in [0.2, 0.25) is 0 Å². The SMILES string of the molecule is CCn1c(C)cc(O)c([C@H](c2cccs2)N2CCCCC2)c1=O. The van der Waals surface area contributed by atoms with Gasteiger partial charge in [0.05, 0.1) is 11.6 Å². The van der Waals surface area contributed by atoms with Gasteiger partial charge in [0.25, 0.3) is 5.56 Å². The van der Waals surface area contributed by atoms with Crippen molar-refractivity contribution in [3.63, 3.8) is 0 Å². The van der Waals surface area contributed by atoms with Gasteiger partial charge >= 0.3 is 0 Å². The van der Waals surface area contributed by atoms with Crippen molar-refractivity contribution in [2.45, 2.75) is 45.7 Å². The zero-order chi connectivity index (χ0) is 16.4. The third-order valence-corrected chi connectivity index (χ3v) is 5.61. The maximum absolute atomic E-state index is 13.0. The molecule has 1 atom stereocenters. The van der Waals surface area contributed by atoms with Crippen LogP contribution < -0.4 is 5.56 Å². The number of aryl methyl sites for hydroxylation is 1. The Kier molecular flexibility index (Phi) is 4.87. The number of rotatable bonds is 4. The molecule has 4 nitrogen and oxygen atoms in total. The Morgan fingerprint density at radius 2 is 2.04 bits per heavy atom. The summed E-state index contributed by atoms with van der Waals surface area (Å²) in [5, 5.41) is 12.6. The van der Waals surface area contributed by atoms with Gasteiger partial charge in [0, 0.05) is 17.1 Å². The number of likely N-dealkylation sites (tertiary alicyclic amines) is 1. The molecule has 23 heavy (non-hydrogen) atoms. The molecule has 0 amide bonds. The van der Waals surface area contributed by atoms with Gasteiger partial charge in [-0.05, 0) is 57.3 Å². The van der Waals surface area contributed by atoms with E-state index in [2.05, 4.69) is 11.0 Å². The van der Waals surface area contributed by atoms with E-state index in [0.717, 1.165) is 36.5 Å². The second-order valence-electron chi connectivity index (χ2n) is 6.15. The summed E-state index contributed by atoms with van der Waals surface area (Å²) in [6.07, 6.45) is 3.54. The Morgan fingerprint density at radius 3 is 2.65 bits per heavy atom. The second kappa shape index (κ2) is 6.89. The average Bonchev–Trinajstić information content (AvgIpc) is 3.06. The molecule has 1 N–H and O–H groups in total. The molecule has 1 aliphatic heterocycles. The molecule has 0 bridgehead atoms. The summed E-state index contributed by atoms with van der Waals surface area (Å²) in [6.45, 7) is 6.41. The van der Waals surface area contributed by atoms with Crippen molar-refractivity contribution >= 4 is 11.3 Å². The van der Waals surface area contributed by atoms with Crippen molar-refractivity contribution in [3.8, 4) is 5.75 Å². The predicted molar refractivity (Wildman–Crippen MR) is 94.4 cm³/mol. The summed E-state index contributed by atoms with van der Waals surface area (Å²) >= 11 is 1.65. The lowest BCUT2D eigenvalue weighted by molar-refractivity contribution is 0.185. The Bertz CT molecular complexity index is 715. The van der Waals surface area contributed by atoms with E-state index in [4.69, 9.17) is 0 Å². The monoisotopic (exact) mass is 332 g/mol. The third-order valence-electron chi connectivity index (χ3n) is 4.68. The van der Waals surface area contributed by atoms with Gasteiger partial charge in [-0.3, -0.25) is 9.69 Å². The summed E-state index contributed by atoms with van der Waals surface area (Å²) in [5.41, 5.74) is 1.28. The molecular weight excluding hydrogens is 308 g/mol. The van der Waals surface area contributed by atoms with Crippen LogP contribution in [0.25, 0.3) is 0 Å². The van der Waals surface area contributed by atoms with Crippen LogP contribution in [0, 0.1) is 6.92 Å².